The molecule has 0 fully saturated rings. The number of benzene rings is 1. The molecular formula is C9H7Cl2F. The van der Waals surface area contributed by atoms with Crippen molar-refractivity contribution in [3.8, 4) is 0 Å². The third-order valence-electron chi connectivity index (χ3n) is 1.38. The van der Waals surface area contributed by atoms with Gasteiger partial charge < -0.3 is 0 Å². The molecule has 0 aliphatic carbocycles. The van der Waals surface area contributed by atoms with Gasteiger partial charge in [0.25, 0.3) is 0 Å². The molecule has 1 rings (SSSR count). The summed E-state index contributed by atoms with van der Waals surface area (Å²) in [5, 5.41) is 0.595. The van der Waals surface area contributed by atoms with Crippen molar-refractivity contribution in [3.63, 3.8) is 0 Å². The highest BCUT2D eigenvalue weighted by Gasteiger charge is 1.97. The summed E-state index contributed by atoms with van der Waals surface area (Å²) in [4.78, 5) is 0. The lowest BCUT2D eigenvalue weighted by Crippen LogP contribution is -1.77. The zero-order valence-electron chi connectivity index (χ0n) is 6.23. The average molecular weight is 205 g/mol. The summed E-state index contributed by atoms with van der Waals surface area (Å²) in [6.07, 6.45) is 1.31. The topological polar surface area (TPSA) is 0 Å². The van der Waals surface area contributed by atoms with E-state index >= 15 is 0 Å². The Morgan fingerprint density at radius 1 is 1.33 bits per heavy atom. The van der Waals surface area contributed by atoms with Crippen molar-refractivity contribution in [3.05, 3.63) is 40.9 Å². The molecule has 0 N–H and O–H groups in total. The Morgan fingerprint density at radius 2 is 1.92 bits per heavy atom. The van der Waals surface area contributed by atoms with Crippen LogP contribution in [0.15, 0.2) is 30.3 Å². The normalized spacial score (nSPS) is 11.8. The molecule has 0 amide bonds. The molecule has 0 radical (unpaired) electrons. The van der Waals surface area contributed by atoms with Gasteiger partial charge in [-0.2, -0.15) is 0 Å². The molecule has 0 spiro atoms. The molecular weight excluding hydrogens is 198 g/mol. The van der Waals surface area contributed by atoms with Crippen LogP contribution in [0, 0.1) is 0 Å². The van der Waals surface area contributed by atoms with Crippen LogP contribution < -0.4 is 0 Å². The first kappa shape index (κ1) is 9.56. The molecule has 0 atom stereocenters. The number of halogens is 3. The lowest BCUT2D eigenvalue weighted by molar-refractivity contribution is 0.758. The minimum Gasteiger partial charge on any atom is -0.207 e. The van der Waals surface area contributed by atoms with Crippen LogP contribution in [-0.4, -0.2) is 5.88 Å². The highest BCUT2D eigenvalue weighted by atomic mass is 35.5. The van der Waals surface area contributed by atoms with E-state index in [-0.39, 0.29) is 11.7 Å². The van der Waals surface area contributed by atoms with Crippen molar-refractivity contribution in [1.82, 2.24) is 0 Å². The molecule has 0 aliphatic heterocycles. The zero-order chi connectivity index (χ0) is 8.97. The van der Waals surface area contributed by atoms with Crippen molar-refractivity contribution in [2.24, 2.45) is 0 Å². The standard InChI is InChI=1S/C9H7Cl2F/c10-6-5-9(12)7-1-3-8(11)4-2-7/h1-5H,6H2/b9-5-. The maximum atomic E-state index is 13.0. The van der Waals surface area contributed by atoms with Gasteiger partial charge in [0.15, 0.2) is 0 Å². The summed E-state index contributed by atoms with van der Waals surface area (Å²) in [6.45, 7) is 0. The van der Waals surface area contributed by atoms with Crippen molar-refractivity contribution in [2.45, 2.75) is 0 Å². The predicted molar refractivity (Wildman–Crippen MR) is 51.3 cm³/mol. The minimum atomic E-state index is -0.318. The van der Waals surface area contributed by atoms with Gasteiger partial charge in [0.05, 0.1) is 0 Å². The van der Waals surface area contributed by atoms with Crippen LogP contribution in [0.1, 0.15) is 5.56 Å². The fourth-order valence-electron chi connectivity index (χ4n) is 0.795. The summed E-state index contributed by atoms with van der Waals surface area (Å²) in [5.74, 6) is -0.143. The summed E-state index contributed by atoms with van der Waals surface area (Å²) in [7, 11) is 0. The van der Waals surface area contributed by atoms with Gasteiger partial charge in [0, 0.05) is 16.5 Å². The molecule has 12 heavy (non-hydrogen) atoms. The maximum absolute atomic E-state index is 13.0. The van der Waals surface area contributed by atoms with Gasteiger partial charge in [0.1, 0.15) is 5.83 Å². The highest BCUT2D eigenvalue weighted by Crippen LogP contribution is 2.18. The largest absolute Gasteiger partial charge is 0.207 e. The first-order valence-corrected chi connectivity index (χ1v) is 4.33. The number of hydrogen-bond donors (Lipinski definition) is 0. The Balaban J connectivity index is 2.89. The van der Waals surface area contributed by atoms with Gasteiger partial charge in [0.2, 0.25) is 0 Å². The van der Waals surface area contributed by atoms with E-state index in [1.54, 1.807) is 24.3 Å². The Labute approximate surface area is 80.6 Å². The van der Waals surface area contributed by atoms with E-state index in [1.165, 1.54) is 6.08 Å². The third-order valence-corrected chi connectivity index (χ3v) is 1.78. The van der Waals surface area contributed by atoms with Gasteiger partial charge in [-0.1, -0.05) is 23.7 Å². The van der Waals surface area contributed by atoms with E-state index in [2.05, 4.69) is 0 Å². The monoisotopic (exact) mass is 204 g/mol. The van der Waals surface area contributed by atoms with Crippen molar-refractivity contribution < 1.29 is 4.39 Å². The van der Waals surface area contributed by atoms with E-state index < -0.39 is 0 Å². The number of alkyl halides is 1. The molecule has 0 nitrogen and oxygen atoms in total. The van der Waals surface area contributed by atoms with E-state index in [4.69, 9.17) is 23.2 Å². The number of rotatable bonds is 2. The Morgan fingerprint density at radius 3 is 2.42 bits per heavy atom. The molecule has 3 heteroatoms. The molecule has 0 saturated carbocycles. The summed E-state index contributed by atoms with van der Waals surface area (Å²) >= 11 is 11.0. The highest BCUT2D eigenvalue weighted by molar-refractivity contribution is 6.30. The van der Waals surface area contributed by atoms with Crippen molar-refractivity contribution >= 4 is 29.0 Å². The van der Waals surface area contributed by atoms with Gasteiger partial charge in [-0.15, -0.1) is 11.6 Å². The van der Waals surface area contributed by atoms with E-state index in [1.807, 2.05) is 0 Å². The molecule has 0 aromatic heterocycles. The van der Waals surface area contributed by atoms with Crippen LogP contribution in [0.2, 0.25) is 5.02 Å². The predicted octanol–water partition coefficient (Wildman–Crippen LogP) is 3.89. The van der Waals surface area contributed by atoms with Crippen molar-refractivity contribution in [1.29, 1.82) is 0 Å². The van der Waals surface area contributed by atoms with E-state index in [9.17, 15) is 4.39 Å². The maximum Gasteiger partial charge on any atom is 0.127 e. The fraction of sp³-hybridized carbons (Fsp3) is 0.111. The summed E-state index contributed by atoms with van der Waals surface area (Å²) in [6, 6.07) is 6.50. The fourth-order valence-corrected chi connectivity index (χ4v) is 1.06. The van der Waals surface area contributed by atoms with Gasteiger partial charge in [-0.3, -0.25) is 0 Å². The van der Waals surface area contributed by atoms with Gasteiger partial charge in [-0.25, -0.2) is 4.39 Å². The molecule has 1 aromatic rings. The second kappa shape index (κ2) is 4.48. The molecule has 0 saturated heterocycles. The second-order valence-electron chi connectivity index (χ2n) is 2.21. The quantitative estimate of drug-likeness (QED) is 0.642. The summed E-state index contributed by atoms with van der Waals surface area (Å²) < 4.78 is 13.0. The van der Waals surface area contributed by atoms with Crippen LogP contribution >= 0.6 is 23.2 Å². The van der Waals surface area contributed by atoms with Crippen LogP contribution in [-0.2, 0) is 0 Å². The smallest absolute Gasteiger partial charge is 0.127 e. The van der Waals surface area contributed by atoms with Gasteiger partial charge >= 0.3 is 0 Å². The first-order valence-electron chi connectivity index (χ1n) is 3.41. The van der Waals surface area contributed by atoms with Crippen LogP contribution in [0.3, 0.4) is 0 Å². The van der Waals surface area contributed by atoms with Crippen LogP contribution in [0.4, 0.5) is 4.39 Å². The van der Waals surface area contributed by atoms with Crippen LogP contribution in [0.25, 0.3) is 5.83 Å². The molecule has 0 heterocycles. The lowest BCUT2D eigenvalue weighted by atomic mass is 10.2. The van der Waals surface area contributed by atoms with E-state index in [0.29, 0.717) is 10.6 Å². The zero-order valence-corrected chi connectivity index (χ0v) is 7.74. The van der Waals surface area contributed by atoms with Crippen LogP contribution in [0.5, 0.6) is 0 Å². The van der Waals surface area contributed by atoms with Crippen molar-refractivity contribution in [2.75, 3.05) is 5.88 Å². The minimum absolute atomic E-state index is 0.175. The lowest BCUT2D eigenvalue weighted by Gasteiger charge is -1.96. The summed E-state index contributed by atoms with van der Waals surface area (Å²) in [5.41, 5.74) is 0.500. The molecule has 0 unspecified atom stereocenters. The molecule has 0 bridgehead atoms. The Hall–Kier alpha value is -0.530. The van der Waals surface area contributed by atoms with E-state index in [0.717, 1.165) is 0 Å². The Kier molecular flexibility index (Phi) is 3.57. The number of allylic oxidation sites excluding steroid dienone is 1. The number of hydrogen-bond acceptors (Lipinski definition) is 0. The van der Waals surface area contributed by atoms with Gasteiger partial charge in [-0.05, 0) is 18.2 Å². The first-order chi connectivity index (χ1) is 5.74. The second-order valence-corrected chi connectivity index (χ2v) is 2.96. The Bertz CT molecular complexity index is 277. The molecule has 64 valence electrons. The molecule has 0 aliphatic rings. The SMILES string of the molecule is F/C(=C\CCl)c1ccc(Cl)cc1. The average Bonchev–Trinajstić information content (AvgIpc) is 2.06. The molecule has 1 aromatic carbocycles. The third kappa shape index (κ3) is 2.50.